The molecule has 0 aliphatic carbocycles. The molecule has 0 saturated carbocycles. The molecule has 0 fully saturated rings. The number of hydrogen-bond donors (Lipinski definition) is 0. The minimum absolute atomic E-state index is 0.0184. The molecule has 3 aromatic heterocycles. The van der Waals surface area contributed by atoms with Crippen molar-refractivity contribution in [2.45, 2.75) is 26.3 Å². The van der Waals surface area contributed by atoms with Gasteiger partial charge < -0.3 is 0 Å². The van der Waals surface area contributed by atoms with Gasteiger partial charge in [-0.15, -0.1) is 10.2 Å². The van der Waals surface area contributed by atoms with Crippen molar-refractivity contribution < 1.29 is 0 Å². The Morgan fingerprint density at radius 2 is 2.04 bits per heavy atom. The van der Waals surface area contributed by atoms with Crippen molar-refractivity contribution in [3.8, 4) is 0 Å². The van der Waals surface area contributed by atoms with Crippen LogP contribution in [0.1, 0.15) is 35.1 Å². The van der Waals surface area contributed by atoms with Crippen molar-refractivity contribution in [3.63, 3.8) is 0 Å². The average molecular weight is 438 g/mol. The fraction of sp³-hybridized carbons (Fsp3) is 0.250. The third-order valence-corrected chi connectivity index (χ3v) is 6.20. The number of rotatable bonds is 4. The Bertz CT molecular complexity index is 1030. The van der Waals surface area contributed by atoms with Crippen molar-refractivity contribution in [1.82, 2.24) is 29.6 Å². The second-order valence-corrected chi connectivity index (χ2v) is 7.99. The van der Waals surface area contributed by atoms with Crippen LogP contribution in [0.25, 0.3) is 4.96 Å². The number of halogens is 2. The highest BCUT2D eigenvalue weighted by molar-refractivity contribution is 9.10. The van der Waals surface area contributed by atoms with Gasteiger partial charge in [0, 0.05) is 17.6 Å². The third kappa shape index (κ3) is 3.09. The summed E-state index contributed by atoms with van der Waals surface area (Å²) in [5.41, 5.74) is 1.96. The van der Waals surface area contributed by atoms with Crippen LogP contribution in [0.3, 0.4) is 0 Å². The molecule has 0 saturated heterocycles. The Morgan fingerprint density at radius 3 is 2.76 bits per heavy atom. The molecule has 9 heteroatoms. The Morgan fingerprint density at radius 1 is 1.24 bits per heavy atom. The zero-order chi connectivity index (χ0) is 17.6. The quantitative estimate of drug-likeness (QED) is 0.477. The lowest BCUT2D eigenvalue weighted by Crippen LogP contribution is -2.08. The van der Waals surface area contributed by atoms with Crippen molar-refractivity contribution in [2.24, 2.45) is 0 Å². The normalized spacial score (nSPS) is 12.8. The predicted molar refractivity (Wildman–Crippen MR) is 101 cm³/mol. The molecule has 0 aliphatic rings. The van der Waals surface area contributed by atoms with Crippen LogP contribution in [-0.2, 0) is 6.42 Å². The molecule has 0 unspecified atom stereocenters. The number of aryl methyl sites for hydroxylation is 1. The van der Waals surface area contributed by atoms with Gasteiger partial charge in [-0.2, -0.15) is 14.7 Å². The van der Waals surface area contributed by atoms with Crippen LogP contribution in [0.2, 0.25) is 5.02 Å². The number of aromatic nitrogens is 6. The van der Waals surface area contributed by atoms with E-state index in [0.717, 1.165) is 36.5 Å². The van der Waals surface area contributed by atoms with Crippen LogP contribution in [-0.4, -0.2) is 29.6 Å². The third-order valence-electron chi connectivity index (χ3n) is 3.99. The molecule has 6 nitrogen and oxygen atoms in total. The molecule has 4 aromatic rings. The summed E-state index contributed by atoms with van der Waals surface area (Å²) in [5.74, 6) is 0.774. The summed E-state index contributed by atoms with van der Waals surface area (Å²) in [6, 6.07) is 7.76. The van der Waals surface area contributed by atoms with Crippen molar-refractivity contribution in [3.05, 3.63) is 62.0 Å². The van der Waals surface area contributed by atoms with Crippen LogP contribution in [0.4, 0.5) is 0 Å². The zero-order valence-corrected chi connectivity index (χ0v) is 16.7. The van der Waals surface area contributed by atoms with Gasteiger partial charge in [0.1, 0.15) is 11.0 Å². The van der Waals surface area contributed by atoms with E-state index in [-0.39, 0.29) is 6.04 Å². The van der Waals surface area contributed by atoms with E-state index in [1.807, 2.05) is 42.1 Å². The molecule has 1 atom stereocenters. The molecule has 0 radical (unpaired) electrons. The maximum atomic E-state index is 6.25. The molecule has 25 heavy (non-hydrogen) atoms. The van der Waals surface area contributed by atoms with E-state index >= 15 is 0 Å². The zero-order valence-electron chi connectivity index (χ0n) is 13.5. The van der Waals surface area contributed by atoms with E-state index in [1.165, 1.54) is 11.3 Å². The molecule has 3 heterocycles. The summed E-state index contributed by atoms with van der Waals surface area (Å²) in [7, 11) is 0. The highest BCUT2D eigenvalue weighted by Crippen LogP contribution is 2.26. The van der Waals surface area contributed by atoms with Crippen LogP contribution in [0.5, 0.6) is 0 Å². The largest absolute Gasteiger partial charge is 0.262 e. The molecular formula is C16H14BrClN6S. The van der Waals surface area contributed by atoms with E-state index in [4.69, 9.17) is 16.7 Å². The fourth-order valence-corrected chi connectivity index (χ4v) is 3.93. The van der Waals surface area contributed by atoms with Gasteiger partial charge in [0.05, 0.1) is 10.2 Å². The minimum Gasteiger partial charge on any atom is -0.262 e. The van der Waals surface area contributed by atoms with Gasteiger partial charge in [-0.25, -0.2) is 0 Å². The molecule has 4 rings (SSSR count). The number of fused-ring (bicyclic) bond motifs is 1. The van der Waals surface area contributed by atoms with Crippen LogP contribution in [0, 0.1) is 6.92 Å². The van der Waals surface area contributed by atoms with Crippen molar-refractivity contribution >= 4 is 43.8 Å². The van der Waals surface area contributed by atoms with Gasteiger partial charge in [-0.1, -0.05) is 41.1 Å². The Labute approximate surface area is 161 Å². The van der Waals surface area contributed by atoms with Gasteiger partial charge >= 0.3 is 0 Å². The summed E-state index contributed by atoms with van der Waals surface area (Å²) >= 11 is 11.3. The number of hydrogen-bond acceptors (Lipinski definition) is 5. The van der Waals surface area contributed by atoms with E-state index in [0.29, 0.717) is 6.42 Å². The maximum Gasteiger partial charge on any atom is 0.234 e. The van der Waals surface area contributed by atoms with Gasteiger partial charge in [0.25, 0.3) is 0 Å². The number of benzene rings is 1. The summed E-state index contributed by atoms with van der Waals surface area (Å²) in [6.07, 6.45) is 2.55. The SMILES string of the molecule is Cc1nn([C@@H](C)c2nn3c(Cc4ccccc4Cl)nnc3s2)cc1Br. The first kappa shape index (κ1) is 16.7. The number of nitrogens with zero attached hydrogens (tertiary/aromatic N) is 6. The molecule has 0 N–H and O–H groups in total. The molecular weight excluding hydrogens is 424 g/mol. The summed E-state index contributed by atoms with van der Waals surface area (Å²) in [4.78, 5) is 0.770. The minimum atomic E-state index is 0.0184. The lowest BCUT2D eigenvalue weighted by atomic mass is 10.1. The predicted octanol–water partition coefficient (Wildman–Crippen LogP) is 4.31. The summed E-state index contributed by atoms with van der Waals surface area (Å²) < 4.78 is 4.69. The highest BCUT2D eigenvalue weighted by atomic mass is 79.9. The molecule has 0 amide bonds. The first-order valence-electron chi connectivity index (χ1n) is 7.68. The first-order valence-corrected chi connectivity index (χ1v) is 9.67. The van der Waals surface area contributed by atoms with E-state index in [2.05, 4.69) is 38.1 Å². The molecule has 0 bridgehead atoms. The Balaban J connectivity index is 1.67. The second kappa shape index (κ2) is 6.51. The summed E-state index contributed by atoms with van der Waals surface area (Å²) in [5, 5.41) is 19.4. The fourth-order valence-electron chi connectivity index (χ4n) is 2.53. The molecule has 0 spiro atoms. The summed E-state index contributed by atoms with van der Waals surface area (Å²) in [6.45, 7) is 4.03. The highest BCUT2D eigenvalue weighted by Gasteiger charge is 2.19. The Hall–Kier alpha value is -1.77. The van der Waals surface area contributed by atoms with Crippen molar-refractivity contribution in [2.75, 3.05) is 0 Å². The van der Waals surface area contributed by atoms with Gasteiger partial charge in [0.15, 0.2) is 5.82 Å². The molecule has 0 aliphatic heterocycles. The van der Waals surface area contributed by atoms with E-state index in [9.17, 15) is 0 Å². The topological polar surface area (TPSA) is 60.9 Å². The van der Waals surface area contributed by atoms with Gasteiger partial charge in [-0.05, 0) is 41.4 Å². The van der Waals surface area contributed by atoms with E-state index < -0.39 is 0 Å². The van der Waals surface area contributed by atoms with Gasteiger partial charge in [0.2, 0.25) is 4.96 Å². The van der Waals surface area contributed by atoms with Crippen LogP contribution < -0.4 is 0 Å². The van der Waals surface area contributed by atoms with Crippen LogP contribution in [0.15, 0.2) is 34.9 Å². The smallest absolute Gasteiger partial charge is 0.234 e. The molecule has 1 aromatic carbocycles. The lowest BCUT2D eigenvalue weighted by Gasteiger charge is -2.07. The average Bonchev–Trinajstić information content (AvgIpc) is 3.26. The molecule has 128 valence electrons. The van der Waals surface area contributed by atoms with Crippen LogP contribution >= 0.6 is 38.9 Å². The Kier molecular flexibility index (Phi) is 4.35. The van der Waals surface area contributed by atoms with E-state index in [1.54, 1.807) is 4.52 Å². The second-order valence-electron chi connectivity index (χ2n) is 5.74. The monoisotopic (exact) mass is 436 g/mol. The maximum absolute atomic E-state index is 6.25. The first-order chi connectivity index (χ1) is 12.0. The lowest BCUT2D eigenvalue weighted by molar-refractivity contribution is 0.550. The standard InChI is InChI=1S/C16H14BrClN6S/c1-9-12(17)8-23(21-9)10(2)15-22-24-14(19-20-16(24)25-15)7-11-5-3-4-6-13(11)18/h3-6,8,10H,7H2,1-2H3/t10-/m0/s1. The van der Waals surface area contributed by atoms with Gasteiger partial charge in [-0.3, -0.25) is 4.68 Å². The van der Waals surface area contributed by atoms with Crippen molar-refractivity contribution in [1.29, 1.82) is 0 Å².